The molecule has 0 radical (unpaired) electrons. The maximum atomic E-state index is 6.23. The van der Waals surface area contributed by atoms with E-state index in [1.54, 1.807) is 0 Å². The molecule has 0 spiro atoms. The lowest BCUT2D eigenvalue weighted by Crippen LogP contribution is -2.12. The zero-order valence-electron chi connectivity index (χ0n) is 10.8. The molecule has 0 amide bonds. The molecule has 18 heavy (non-hydrogen) atoms. The summed E-state index contributed by atoms with van der Waals surface area (Å²) in [5, 5.41) is 4.22. The quantitative estimate of drug-likeness (QED) is 0.894. The second-order valence-electron chi connectivity index (χ2n) is 4.40. The predicted molar refractivity (Wildman–Crippen MR) is 82.2 cm³/mol. The third-order valence-electron chi connectivity index (χ3n) is 2.68. The van der Waals surface area contributed by atoms with Crippen LogP contribution >= 0.6 is 22.9 Å². The summed E-state index contributed by atoms with van der Waals surface area (Å²) < 4.78 is 0. The van der Waals surface area contributed by atoms with Crippen molar-refractivity contribution >= 4 is 34.3 Å². The molecule has 0 aliphatic heterocycles. The fourth-order valence-corrected chi connectivity index (χ4v) is 3.05. The Morgan fingerprint density at radius 3 is 2.61 bits per heavy atom. The van der Waals surface area contributed by atoms with Gasteiger partial charge >= 0.3 is 0 Å². The Labute approximate surface area is 117 Å². The van der Waals surface area contributed by atoms with Gasteiger partial charge in [-0.2, -0.15) is 0 Å². The highest BCUT2D eigenvalue weighted by Crippen LogP contribution is 2.32. The van der Waals surface area contributed by atoms with Gasteiger partial charge in [0.05, 0.1) is 16.4 Å². The molecule has 1 N–H and O–H groups in total. The molecule has 0 aliphatic rings. The van der Waals surface area contributed by atoms with E-state index in [-0.39, 0.29) is 0 Å². The number of benzene rings is 1. The number of para-hydroxylation sites is 1. The lowest BCUT2D eigenvalue weighted by atomic mass is 10.2. The molecule has 2 aromatic rings. The minimum atomic E-state index is 0.771. The predicted octanol–water partition coefficient (Wildman–Crippen LogP) is 4.39. The second kappa shape index (κ2) is 5.63. The van der Waals surface area contributed by atoms with Gasteiger partial charge in [-0.05, 0) is 31.2 Å². The number of thiophene rings is 1. The van der Waals surface area contributed by atoms with E-state index in [0.717, 1.165) is 22.9 Å². The molecule has 0 aliphatic carbocycles. The van der Waals surface area contributed by atoms with Crippen LogP contribution in [-0.2, 0) is 6.54 Å². The van der Waals surface area contributed by atoms with Gasteiger partial charge in [-0.3, -0.25) is 0 Å². The number of hydrogen-bond acceptors (Lipinski definition) is 3. The Bertz CT molecular complexity index is 534. The number of nitrogens with zero attached hydrogens (tertiary/aromatic N) is 1. The zero-order chi connectivity index (χ0) is 13.1. The van der Waals surface area contributed by atoms with Crippen LogP contribution in [-0.4, -0.2) is 14.1 Å². The monoisotopic (exact) mass is 280 g/mol. The van der Waals surface area contributed by atoms with Crippen molar-refractivity contribution in [3.05, 3.63) is 45.1 Å². The van der Waals surface area contributed by atoms with Crippen molar-refractivity contribution in [2.45, 2.75) is 13.5 Å². The molecule has 0 atom stereocenters. The number of anilines is 2. The standard InChI is InChI=1S/C14H17ClN2S/c1-10-7-8-11(18-10)9-16-13-6-4-5-12(15)14(13)17(2)3/h4-8,16H,9H2,1-3H3. The van der Waals surface area contributed by atoms with Gasteiger partial charge in [0, 0.05) is 30.4 Å². The first-order chi connectivity index (χ1) is 8.58. The molecule has 2 rings (SSSR count). The molecule has 0 bridgehead atoms. The molecular formula is C14H17ClN2S. The van der Waals surface area contributed by atoms with Crippen LogP contribution < -0.4 is 10.2 Å². The lowest BCUT2D eigenvalue weighted by molar-refractivity contribution is 1.11. The third-order valence-corrected chi connectivity index (χ3v) is 3.99. The third kappa shape index (κ3) is 2.98. The fourth-order valence-electron chi connectivity index (χ4n) is 1.87. The van der Waals surface area contributed by atoms with Crippen molar-refractivity contribution in [3.63, 3.8) is 0 Å². The van der Waals surface area contributed by atoms with Crippen molar-refractivity contribution in [2.24, 2.45) is 0 Å². The number of aryl methyl sites for hydroxylation is 1. The summed E-state index contributed by atoms with van der Waals surface area (Å²) in [6.07, 6.45) is 0. The average Bonchev–Trinajstić information content (AvgIpc) is 2.72. The zero-order valence-corrected chi connectivity index (χ0v) is 12.4. The Morgan fingerprint density at radius 2 is 2.00 bits per heavy atom. The van der Waals surface area contributed by atoms with Crippen LogP contribution in [0.2, 0.25) is 5.02 Å². The van der Waals surface area contributed by atoms with Crippen LogP contribution in [0.25, 0.3) is 0 Å². The smallest absolute Gasteiger partial charge is 0.0786 e. The van der Waals surface area contributed by atoms with E-state index in [9.17, 15) is 0 Å². The molecule has 1 aromatic heterocycles. The van der Waals surface area contributed by atoms with E-state index in [4.69, 9.17) is 11.6 Å². The minimum absolute atomic E-state index is 0.771. The summed E-state index contributed by atoms with van der Waals surface area (Å²) in [5.74, 6) is 0. The summed E-state index contributed by atoms with van der Waals surface area (Å²) in [6.45, 7) is 2.96. The maximum Gasteiger partial charge on any atom is 0.0786 e. The van der Waals surface area contributed by atoms with Crippen LogP contribution in [0.5, 0.6) is 0 Å². The molecule has 0 fully saturated rings. The van der Waals surface area contributed by atoms with Crippen LogP contribution in [0.15, 0.2) is 30.3 Å². The summed E-state index contributed by atoms with van der Waals surface area (Å²) in [5.41, 5.74) is 2.10. The Morgan fingerprint density at radius 1 is 1.22 bits per heavy atom. The molecule has 0 unspecified atom stereocenters. The number of halogens is 1. The van der Waals surface area contributed by atoms with Crippen LogP contribution in [0.3, 0.4) is 0 Å². The summed E-state index contributed by atoms with van der Waals surface area (Å²) >= 11 is 8.05. The Balaban J connectivity index is 2.16. The van der Waals surface area contributed by atoms with Crippen molar-refractivity contribution in [1.82, 2.24) is 0 Å². The van der Waals surface area contributed by atoms with Crippen LogP contribution in [0.1, 0.15) is 9.75 Å². The maximum absolute atomic E-state index is 6.23. The SMILES string of the molecule is Cc1ccc(CNc2cccc(Cl)c2N(C)C)s1. The molecule has 1 heterocycles. The highest BCUT2D eigenvalue weighted by Gasteiger charge is 2.08. The van der Waals surface area contributed by atoms with Crippen molar-refractivity contribution in [3.8, 4) is 0 Å². The Kier molecular flexibility index (Phi) is 4.15. The normalized spacial score (nSPS) is 10.4. The minimum Gasteiger partial charge on any atom is -0.378 e. The summed E-state index contributed by atoms with van der Waals surface area (Å²) in [7, 11) is 4.00. The number of hydrogen-bond donors (Lipinski definition) is 1. The molecule has 4 heteroatoms. The lowest BCUT2D eigenvalue weighted by Gasteiger charge is -2.19. The van der Waals surface area contributed by atoms with Gasteiger partial charge in [0.15, 0.2) is 0 Å². The molecule has 96 valence electrons. The first-order valence-electron chi connectivity index (χ1n) is 5.83. The van der Waals surface area contributed by atoms with Gasteiger partial charge in [0.2, 0.25) is 0 Å². The molecular weight excluding hydrogens is 264 g/mol. The van der Waals surface area contributed by atoms with Crippen LogP contribution in [0.4, 0.5) is 11.4 Å². The van der Waals surface area contributed by atoms with Gasteiger partial charge in [-0.25, -0.2) is 0 Å². The second-order valence-corrected chi connectivity index (χ2v) is 6.18. The van der Waals surface area contributed by atoms with E-state index in [2.05, 4.69) is 30.4 Å². The van der Waals surface area contributed by atoms with Crippen molar-refractivity contribution in [1.29, 1.82) is 0 Å². The van der Waals surface area contributed by atoms with E-state index < -0.39 is 0 Å². The largest absolute Gasteiger partial charge is 0.378 e. The van der Waals surface area contributed by atoms with E-state index in [0.29, 0.717) is 0 Å². The average molecular weight is 281 g/mol. The van der Waals surface area contributed by atoms with Gasteiger partial charge in [-0.1, -0.05) is 17.7 Å². The van der Waals surface area contributed by atoms with Crippen molar-refractivity contribution in [2.75, 3.05) is 24.3 Å². The van der Waals surface area contributed by atoms with Gasteiger partial charge in [0.1, 0.15) is 0 Å². The molecule has 0 saturated heterocycles. The fraction of sp³-hybridized carbons (Fsp3) is 0.286. The van der Waals surface area contributed by atoms with E-state index in [1.165, 1.54) is 9.75 Å². The summed E-state index contributed by atoms with van der Waals surface area (Å²) in [6, 6.07) is 10.2. The first-order valence-corrected chi connectivity index (χ1v) is 7.02. The Hall–Kier alpha value is -1.19. The first kappa shape index (κ1) is 13.2. The van der Waals surface area contributed by atoms with E-state index >= 15 is 0 Å². The van der Waals surface area contributed by atoms with Gasteiger partial charge in [-0.15, -0.1) is 11.3 Å². The number of nitrogens with one attached hydrogen (secondary N) is 1. The molecule has 2 nitrogen and oxygen atoms in total. The topological polar surface area (TPSA) is 15.3 Å². The van der Waals surface area contributed by atoms with Gasteiger partial charge < -0.3 is 10.2 Å². The van der Waals surface area contributed by atoms with Crippen LogP contribution in [0, 0.1) is 6.92 Å². The van der Waals surface area contributed by atoms with Crippen molar-refractivity contribution < 1.29 is 0 Å². The molecule has 1 aromatic carbocycles. The summed E-state index contributed by atoms with van der Waals surface area (Å²) in [4.78, 5) is 4.70. The highest BCUT2D eigenvalue weighted by molar-refractivity contribution is 7.11. The molecule has 0 saturated carbocycles. The highest BCUT2D eigenvalue weighted by atomic mass is 35.5. The number of rotatable bonds is 4. The van der Waals surface area contributed by atoms with Gasteiger partial charge in [0.25, 0.3) is 0 Å². The van der Waals surface area contributed by atoms with E-state index in [1.807, 2.05) is 42.5 Å².